The summed E-state index contributed by atoms with van der Waals surface area (Å²) in [5.74, 6) is 0. The molecular weight excluding hydrogens is 267 g/mol. The molecule has 0 heterocycles. The molecule has 0 saturated carbocycles. The predicted octanol–water partition coefficient (Wildman–Crippen LogP) is 3.27. The molecular formula is C14H26Cl2N2. The highest BCUT2D eigenvalue weighted by Crippen LogP contribution is 2.02. The van der Waals surface area contributed by atoms with Gasteiger partial charge in [-0.15, -0.1) is 24.8 Å². The van der Waals surface area contributed by atoms with Gasteiger partial charge in [0.15, 0.2) is 0 Å². The highest BCUT2D eigenvalue weighted by Gasteiger charge is 1.97. The smallest absolute Gasteiger partial charge is 0.0206 e. The molecule has 0 radical (unpaired) electrons. The fourth-order valence-electron chi connectivity index (χ4n) is 1.72. The Kier molecular flexibility index (Phi) is 13.1. The van der Waals surface area contributed by atoms with Crippen molar-refractivity contribution in [3.05, 3.63) is 35.4 Å². The van der Waals surface area contributed by atoms with E-state index in [4.69, 9.17) is 0 Å². The number of rotatable bonds is 7. The maximum atomic E-state index is 3.48. The van der Waals surface area contributed by atoms with Crippen molar-refractivity contribution in [1.82, 2.24) is 10.2 Å². The lowest BCUT2D eigenvalue weighted by Gasteiger charge is -2.18. The molecule has 0 amide bonds. The Morgan fingerprint density at radius 3 is 2.06 bits per heavy atom. The van der Waals surface area contributed by atoms with E-state index >= 15 is 0 Å². The highest BCUT2D eigenvalue weighted by molar-refractivity contribution is 5.85. The van der Waals surface area contributed by atoms with Crippen molar-refractivity contribution in [2.45, 2.75) is 27.3 Å². The number of benzene rings is 1. The fourth-order valence-corrected chi connectivity index (χ4v) is 1.72. The topological polar surface area (TPSA) is 15.3 Å². The van der Waals surface area contributed by atoms with Gasteiger partial charge in [0.25, 0.3) is 0 Å². The van der Waals surface area contributed by atoms with Gasteiger partial charge in [0, 0.05) is 19.6 Å². The summed E-state index contributed by atoms with van der Waals surface area (Å²) in [6.07, 6.45) is 0. The SMILES string of the molecule is CCN(CC)CCNCc1ccc(C)cc1.Cl.Cl. The van der Waals surface area contributed by atoms with Crippen molar-refractivity contribution in [3.8, 4) is 0 Å². The van der Waals surface area contributed by atoms with E-state index in [1.807, 2.05) is 0 Å². The molecule has 2 nitrogen and oxygen atoms in total. The molecule has 1 N–H and O–H groups in total. The van der Waals surface area contributed by atoms with Gasteiger partial charge in [-0.25, -0.2) is 0 Å². The van der Waals surface area contributed by atoms with Crippen LogP contribution in [-0.2, 0) is 6.54 Å². The number of likely N-dealkylation sites (N-methyl/N-ethyl adjacent to an activating group) is 1. The molecule has 106 valence electrons. The Morgan fingerprint density at radius 2 is 1.56 bits per heavy atom. The fraction of sp³-hybridized carbons (Fsp3) is 0.571. The van der Waals surface area contributed by atoms with Crippen LogP contribution in [0.3, 0.4) is 0 Å². The Balaban J connectivity index is 0. The highest BCUT2D eigenvalue weighted by atomic mass is 35.5. The van der Waals surface area contributed by atoms with Gasteiger partial charge in [-0.1, -0.05) is 43.7 Å². The van der Waals surface area contributed by atoms with Crippen LogP contribution in [0.15, 0.2) is 24.3 Å². The van der Waals surface area contributed by atoms with Gasteiger partial charge in [-0.3, -0.25) is 0 Å². The zero-order chi connectivity index (χ0) is 11.8. The second kappa shape index (κ2) is 11.8. The number of hydrogen-bond acceptors (Lipinski definition) is 2. The molecule has 0 fully saturated rings. The molecule has 0 aliphatic carbocycles. The summed E-state index contributed by atoms with van der Waals surface area (Å²) < 4.78 is 0. The first-order valence-electron chi connectivity index (χ1n) is 6.24. The number of halogens is 2. The number of nitrogens with one attached hydrogen (secondary N) is 1. The van der Waals surface area contributed by atoms with Crippen LogP contribution in [-0.4, -0.2) is 31.1 Å². The molecule has 1 aromatic carbocycles. The lowest BCUT2D eigenvalue weighted by molar-refractivity contribution is 0.302. The first-order valence-corrected chi connectivity index (χ1v) is 6.24. The van der Waals surface area contributed by atoms with Crippen molar-refractivity contribution in [1.29, 1.82) is 0 Å². The molecule has 0 aliphatic heterocycles. The number of nitrogens with zero attached hydrogens (tertiary/aromatic N) is 1. The minimum Gasteiger partial charge on any atom is -0.311 e. The maximum absolute atomic E-state index is 3.48. The lowest BCUT2D eigenvalue weighted by atomic mass is 10.1. The van der Waals surface area contributed by atoms with Crippen LogP contribution in [0.5, 0.6) is 0 Å². The zero-order valence-corrected chi connectivity index (χ0v) is 13.2. The standard InChI is InChI=1S/C14H24N2.2ClH/c1-4-16(5-2)11-10-15-12-14-8-6-13(3)7-9-14;;/h6-9,15H,4-5,10-12H2,1-3H3;2*1H. The summed E-state index contributed by atoms with van der Waals surface area (Å²) >= 11 is 0. The van der Waals surface area contributed by atoms with Gasteiger partial charge in [0.1, 0.15) is 0 Å². The molecule has 1 aromatic rings. The number of aryl methyl sites for hydroxylation is 1. The van der Waals surface area contributed by atoms with Gasteiger partial charge < -0.3 is 10.2 Å². The summed E-state index contributed by atoms with van der Waals surface area (Å²) in [6, 6.07) is 8.72. The minimum atomic E-state index is 0. The van der Waals surface area contributed by atoms with Crippen molar-refractivity contribution >= 4 is 24.8 Å². The summed E-state index contributed by atoms with van der Waals surface area (Å²) in [5, 5.41) is 3.48. The van der Waals surface area contributed by atoms with Gasteiger partial charge in [0.2, 0.25) is 0 Å². The average Bonchev–Trinajstić information content (AvgIpc) is 2.32. The first-order chi connectivity index (χ1) is 7.76. The van der Waals surface area contributed by atoms with E-state index < -0.39 is 0 Å². The van der Waals surface area contributed by atoms with Crippen molar-refractivity contribution in [3.63, 3.8) is 0 Å². The monoisotopic (exact) mass is 292 g/mol. The predicted molar refractivity (Wildman–Crippen MR) is 85.2 cm³/mol. The maximum Gasteiger partial charge on any atom is 0.0206 e. The molecule has 0 saturated heterocycles. The van der Waals surface area contributed by atoms with Crippen LogP contribution in [0.1, 0.15) is 25.0 Å². The molecule has 0 atom stereocenters. The lowest BCUT2D eigenvalue weighted by Crippen LogP contribution is -2.31. The second-order valence-electron chi connectivity index (χ2n) is 4.19. The van der Waals surface area contributed by atoms with E-state index in [1.54, 1.807) is 0 Å². The molecule has 0 spiro atoms. The summed E-state index contributed by atoms with van der Waals surface area (Å²) in [5.41, 5.74) is 2.69. The van der Waals surface area contributed by atoms with E-state index in [9.17, 15) is 0 Å². The molecule has 4 heteroatoms. The third-order valence-corrected chi connectivity index (χ3v) is 2.95. The Hall–Kier alpha value is -0.280. The van der Waals surface area contributed by atoms with Crippen LogP contribution >= 0.6 is 24.8 Å². The van der Waals surface area contributed by atoms with Crippen molar-refractivity contribution < 1.29 is 0 Å². The summed E-state index contributed by atoms with van der Waals surface area (Å²) in [6.45, 7) is 12.0. The second-order valence-corrected chi connectivity index (χ2v) is 4.19. The largest absolute Gasteiger partial charge is 0.311 e. The van der Waals surface area contributed by atoms with Crippen LogP contribution < -0.4 is 5.32 Å². The van der Waals surface area contributed by atoms with Crippen molar-refractivity contribution in [2.24, 2.45) is 0 Å². The van der Waals surface area contributed by atoms with Gasteiger partial charge >= 0.3 is 0 Å². The third kappa shape index (κ3) is 7.93. The zero-order valence-electron chi connectivity index (χ0n) is 11.6. The van der Waals surface area contributed by atoms with Crippen LogP contribution in [0.25, 0.3) is 0 Å². The van der Waals surface area contributed by atoms with Crippen molar-refractivity contribution in [2.75, 3.05) is 26.2 Å². The van der Waals surface area contributed by atoms with Crippen LogP contribution in [0, 0.1) is 6.92 Å². The Bertz CT molecular complexity index is 284. The summed E-state index contributed by atoms with van der Waals surface area (Å²) in [7, 11) is 0. The van der Waals surface area contributed by atoms with Gasteiger partial charge in [-0.2, -0.15) is 0 Å². The molecule has 0 bridgehead atoms. The Morgan fingerprint density at radius 1 is 1.00 bits per heavy atom. The van der Waals surface area contributed by atoms with E-state index in [2.05, 4.69) is 55.3 Å². The average molecular weight is 293 g/mol. The molecule has 18 heavy (non-hydrogen) atoms. The Labute approximate surface area is 124 Å². The normalized spacial score (nSPS) is 9.78. The molecule has 0 unspecified atom stereocenters. The third-order valence-electron chi connectivity index (χ3n) is 2.95. The molecule has 0 aromatic heterocycles. The molecule has 1 rings (SSSR count). The van der Waals surface area contributed by atoms with E-state index in [-0.39, 0.29) is 24.8 Å². The molecule has 0 aliphatic rings. The van der Waals surface area contributed by atoms with Crippen LogP contribution in [0.4, 0.5) is 0 Å². The quantitative estimate of drug-likeness (QED) is 0.776. The van der Waals surface area contributed by atoms with Gasteiger partial charge in [-0.05, 0) is 25.6 Å². The first kappa shape index (κ1) is 20.0. The van der Waals surface area contributed by atoms with E-state index in [0.29, 0.717) is 0 Å². The summed E-state index contributed by atoms with van der Waals surface area (Å²) in [4.78, 5) is 2.43. The number of hydrogen-bond donors (Lipinski definition) is 1. The van der Waals surface area contributed by atoms with E-state index in [0.717, 1.165) is 32.7 Å². The van der Waals surface area contributed by atoms with E-state index in [1.165, 1.54) is 11.1 Å². The van der Waals surface area contributed by atoms with Gasteiger partial charge in [0.05, 0.1) is 0 Å². The minimum absolute atomic E-state index is 0. The van der Waals surface area contributed by atoms with Crippen LogP contribution in [0.2, 0.25) is 0 Å².